The van der Waals surface area contributed by atoms with Crippen LogP contribution in [0.5, 0.6) is 0 Å². The Morgan fingerprint density at radius 2 is 2.04 bits per heavy atom. The van der Waals surface area contributed by atoms with E-state index in [-0.39, 0.29) is 23.8 Å². The zero-order valence-corrected chi connectivity index (χ0v) is 16.9. The lowest BCUT2D eigenvalue weighted by Gasteiger charge is -2.35. The molecule has 148 valence electrons. The number of carbonyl (C=O) groups excluding carboxylic acids is 2. The van der Waals surface area contributed by atoms with Crippen molar-refractivity contribution < 1.29 is 9.59 Å². The monoisotopic (exact) mass is 380 g/mol. The van der Waals surface area contributed by atoms with E-state index in [2.05, 4.69) is 16.5 Å². The zero-order chi connectivity index (χ0) is 19.8. The van der Waals surface area contributed by atoms with Gasteiger partial charge in [0.2, 0.25) is 5.91 Å². The zero-order valence-electron chi connectivity index (χ0n) is 16.9. The molecule has 3 aliphatic heterocycles. The second kappa shape index (κ2) is 7.41. The van der Waals surface area contributed by atoms with E-state index in [9.17, 15) is 9.59 Å². The topological polar surface area (TPSA) is 58.4 Å². The molecule has 0 unspecified atom stereocenters. The average Bonchev–Trinajstić information content (AvgIpc) is 2.84. The third-order valence-corrected chi connectivity index (χ3v) is 6.26. The molecule has 0 aromatic carbocycles. The number of rotatable bonds is 4. The Labute approximate surface area is 166 Å². The third-order valence-electron chi connectivity index (χ3n) is 6.26. The summed E-state index contributed by atoms with van der Waals surface area (Å²) >= 11 is 0. The predicted molar refractivity (Wildman–Crippen MR) is 107 cm³/mol. The fourth-order valence-electron chi connectivity index (χ4n) is 4.76. The molecule has 0 aliphatic carbocycles. The highest BCUT2D eigenvalue weighted by molar-refractivity contribution is 5.96. The number of piperidine rings is 1. The van der Waals surface area contributed by atoms with Crippen molar-refractivity contribution in [2.45, 2.75) is 52.7 Å². The Morgan fingerprint density at radius 1 is 1.21 bits per heavy atom. The Morgan fingerprint density at radius 3 is 2.71 bits per heavy atom. The Balaban J connectivity index is 1.57. The van der Waals surface area contributed by atoms with Crippen LogP contribution in [0.15, 0.2) is 30.5 Å². The first-order valence-corrected chi connectivity index (χ1v) is 10.2. The molecule has 0 radical (unpaired) electrons. The van der Waals surface area contributed by atoms with E-state index >= 15 is 0 Å². The molecule has 28 heavy (non-hydrogen) atoms. The van der Waals surface area contributed by atoms with Crippen molar-refractivity contribution in [3.8, 4) is 0 Å². The van der Waals surface area contributed by atoms with Gasteiger partial charge in [-0.3, -0.25) is 14.6 Å². The summed E-state index contributed by atoms with van der Waals surface area (Å²) in [6.45, 7) is 8.63. The number of hydrogen-bond donors (Lipinski definition) is 0. The Bertz CT molecular complexity index is 889. The molecular weight excluding hydrogens is 352 g/mol. The second-order valence-corrected chi connectivity index (χ2v) is 7.95. The standard InChI is InChI=1S/C22H28N4O2/c1-4-25-15(2)11-20(16(25)3)22(28)24-12-17-8-9-19(14-24)26(21(17)27)13-18-7-5-6-10-23-18/h5-7,10-11,17,19H,4,8-9,12-14H2,1-3H3/t17-,19+/m0/s1. The first-order valence-electron chi connectivity index (χ1n) is 10.2. The number of pyridine rings is 1. The molecule has 0 spiro atoms. The molecule has 6 nitrogen and oxygen atoms in total. The van der Waals surface area contributed by atoms with Gasteiger partial charge in [0.15, 0.2) is 0 Å². The maximum atomic E-state index is 13.3. The summed E-state index contributed by atoms with van der Waals surface area (Å²) in [5, 5.41) is 0. The van der Waals surface area contributed by atoms with E-state index in [1.54, 1.807) is 6.20 Å². The van der Waals surface area contributed by atoms with Crippen LogP contribution in [0.25, 0.3) is 0 Å². The van der Waals surface area contributed by atoms with Crippen molar-refractivity contribution in [2.75, 3.05) is 13.1 Å². The lowest BCUT2D eigenvalue weighted by atomic mass is 9.94. The van der Waals surface area contributed by atoms with E-state index in [0.29, 0.717) is 19.6 Å². The number of amides is 2. The van der Waals surface area contributed by atoms with E-state index in [0.717, 1.165) is 42.0 Å². The summed E-state index contributed by atoms with van der Waals surface area (Å²) in [6, 6.07) is 7.83. The van der Waals surface area contributed by atoms with E-state index in [4.69, 9.17) is 0 Å². The molecule has 6 heteroatoms. The van der Waals surface area contributed by atoms with Gasteiger partial charge in [0.25, 0.3) is 5.91 Å². The molecule has 3 saturated heterocycles. The molecule has 2 bridgehead atoms. The van der Waals surface area contributed by atoms with Crippen LogP contribution in [-0.4, -0.2) is 50.3 Å². The number of aromatic nitrogens is 2. The summed E-state index contributed by atoms with van der Waals surface area (Å²) in [5.41, 5.74) is 3.78. The molecule has 2 amide bonds. The number of nitrogens with zero attached hydrogens (tertiary/aromatic N) is 4. The van der Waals surface area contributed by atoms with Crippen molar-refractivity contribution in [3.63, 3.8) is 0 Å². The summed E-state index contributed by atoms with van der Waals surface area (Å²) in [6.07, 6.45) is 3.57. The van der Waals surface area contributed by atoms with Crippen LogP contribution in [0.3, 0.4) is 0 Å². The summed E-state index contributed by atoms with van der Waals surface area (Å²) < 4.78 is 2.16. The maximum absolute atomic E-state index is 13.3. The van der Waals surface area contributed by atoms with Crippen LogP contribution in [0.2, 0.25) is 0 Å². The molecule has 2 atom stereocenters. The van der Waals surface area contributed by atoms with Gasteiger partial charge in [0.05, 0.1) is 23.7 Å². The molecule has 2 aromatic heterocycles. The van der Waals surface area contributed by atoms with Crippen LogP contribution < -0.4 is 0 Å². The van der Waals surface area contributed by atoms with Gasteiger partial charge in [0.1, 0.15) is 0 Å². The molecule has 3 fully saturated rings. The summed E-state index contributed by atoms with van der Waals surface area (Å²) in [7, 11) is 0. The fraction of sp³-hybridized carbons (Fsp3) is 0.500. The smallest absolute Gasteiger partial charge is 0.255 e. The normalized spacial score (nSPS) is 21.9. The van der Waals surface area contributed by atoms with Crippen LogP contribution in [0.4, 0.5) is 0 Å². The number of fused-ring (bicyclic) bond motifs is 4. The minimum atomic E-state index is -0.110. The lowest BCUT2D eigenvalue weighted by molar-refractivity contribution is -0.140. The third kappa shape index (κ3) is 3.21. The van der Waals surface area contributed by atoms with Gasteiger partial charge >= 0.3 is 0 Å². The van der Waals surface area contributed by atoms with Crippen molar-refractivity contribution in [2.24, 2.45) is 5.92 Å². The second-order valence-electron chi connectivity index (χ2n) is 7.95. The van der Waals surface area contributed by atoms with Gasteiger partial charge in [0, 0.05) is 43.3 Å². The largest absolute Gasteiger partial charge is 0.349 e. The molecule has 0 saturated carbocycles. The van der Waals surface area contributed by atoms with Gasteiger partial charge in [-0.1, -0.05) is 6.07 Å². The SMILES string of the molecule is CCn1c(C)cc(C(=O)N2C[C@@H]3CC[C@H](C2)N(Cc2ccccn2)C3=O)c1C. The molecule has 0 N–H and O–H groups in total. The van der Waals surface area contributed by atoms with Crippen molar-refractivity contribution in [3.05, 3.63) is 53.1 Å². The molecular formula is C22H28N4O2. The number of hydrogen-bond acceptors (Lipinski definition) is 3. The molecule has 5 heterocycles. The number of aryl methyl sites for hydroxylation is 1. The first kappa shape index (κ1) is 18.7. The van der Waals surface area contributed by atoms with Crippen molar-refractivity contribution in [1.82, 2.24) is 19.4 Å². The lowest BCUT2D eigenvalue weighted by Crippen LogP contribution is -2.47. The van der Waals surface area contributed by atoms with Gasteiger partial charge in [-0.25, -0.2) is 0 Å². The van der Waals surface area contributed by atoms with Gasteiger partial charge in [-0.15, -0.1) is 0 Å². The predicted octanol–water partition coefficient (Wildman–Crippen LogP) is 2.78. The Kier molecular flexibility index (Phi) is 4.96. The summed E-state index contributed by atoms with van der Waals surface area (Å²) in [5.74, 6) is 0.106. The van der Waals surface area contributed by atoms with Gasteiger partial charge in [-0.05, 0) is 51.8 Å². The Hall–Kier alpha value is -2.63. The number of carbonyl (C=O) groups is 2. The fourth-order valence-corrected chi connectivity index (χ4v) is 4.76. The van der Waals surface area contributed by atoms with E-state index in [1.165, 1.54) is 0 Å². The summed E-state index contributed by atoms with van der Waals surface area (Å²) in [4.78, 5) is 34.6. The van der Waals surface area contributed by atoms with Crippen molar-refractivity contribution >= 4 is 11.8 Å². The van der Waals surface area contributed by atoms with Crippen LogP contribution in [0, 0.1) is 19.8 Å². The average molecular weight is 380 g/mol. The first-order chi connectivity index (χ1) is 13.5. The highest BCUT2D eigenvalue weighted by Crippen LogP contribution is 2.31. The van der Waals surface area contributed by atoms with E-state index < -0.39 is 0 Å². The van der Waals surface area contributed by atoms with Crippen LogP contribution >= 0.6 is 0 Å². The highest BCUT2D eigenvalue weighted by atomic mass is 16.2. The molecule has 2 aromatic rings. The maximum Gasteiger partial charge on any atom is 0.255 e. The van der Waals surface area contributed by atoms with Crippen LogP contribution in [0.1, 0.15) is 47.2 Å². The van der Waals surface area contributed by atoms with Gasteiger partial charge < -0.3 is 14.4 Å². The van der Waals surface area contributed by atoms with Crippen molar-refractivity contribution in [1.29, 1.82) is 0 Å². The quantitative estimate of drug-likeness (QED) is 0.820. The highest BCUT2D eigenvalue weighted by Gasteiger charge is 2.42. The molecule has 3 aliphatic rings. The minimum Gasteiger partial charge on any atom is -0.349 e. The van der Waals surface area contributed by atoms with E-state index in [1.807, 2.05) is 47.9 Å². The van der Waals surface area contributed by atoms with Gasteiger partial charge in [-0.2, -0.15) is 0 Å². The minimum absolute atomic E-state index is 0.0530. The molecule has 5 rings (SSSR count). The van der Waals surface area contributed by atoms with Crippen LogP contribution in [-0.2, 0) is 17.9 Å².